The maximum Gasteiger partial charge on any atom is 0.226 e. The molecule has 4 heteroatoms. The van der Waals surface area contributed by atoms with Crippen molar-refractivity contribution in [2.75, 3.05) is 6.61 Å². The normalized spacial score (nSPS) is 14.1. The van der Waals surface area contributed by atoms with Crippen LogP contribution >= 0.6 is 0 Å². The molecule has 0 saturated heterocycles. The molecule has 3 aromatic rings. The second-order valence-corrected chi connectivity index (χ2v) is 6.23. The van der Waals surface area contributed by atoms with Gasteiger partial charge in [0.15, 0.2) is 0 Å². The molecule has 4 nitrogen and oxygen atoms in total. The van der Waals surface area contributed by atoms with E-state index in [-0.39, 0.29) is 0 Å². The van der Waals surface area contributed by atoms with Gasteiger partial charge in [0, 0.05) is 12.6 Å². The maximum atomic E-state index is 6.00. The second kappa shape index (κ2) is 6.87. The highest BCUT2D eigenvalue weighted by molar-refractivity contribution is 5.85. The Bertz CT molecular complexity index is 852. The summed E-state index contributed by atoms with van der Waals surface area (Å²) in [5, 5.41) is 1.03. The molecule has 1 aromatic carbocycles. The number of nitrogens with zero attached hydrogens (tertiary/aromatic N) is 2. The Morgan fingerprint density at radius 3 is 2.88 bits per heavy atom. The van der Waals surface area contributed by atoms with Gasteiger partial charge in [0.05, 0.1) is 12.0 Å². The fourth-order valence-electron chi connectivity index (χ4n) is 3.30. The molecule has 4 rings (SSSR count). The van der Waals surface area contributed by atoms with Gasteiger partial charge in [0.1, 0.15) is 12.0 Å². The summed E-state index contributed by atoms with van der Waals surface area (Å²) in [5.41, 5.74) is 4.87. The molecule has 24 heavy (non-hydrogen) atoms. The van der Waals surface area contributed by atoms with E-state index in [1.54, 1.807) is 6.33 Å². The molecule has 2 heterocycles. The van der Waals surface area contributed by atoms with Crippen molar-refractivity contribution in [2.24, 2.45) is 0 Å². The summed E-state index contributed by atoms with van der Waals surface area (Å²) < 4.78 is 6.00. The standard InChI is InChI=1S/C20H21N3O/c1-2-6-15(7-3-1)10-11-24-20-18-17(12-16-8-4-5-9-16)13-21-19(18)22-14-23-20/h1-3,6-8,13-14H,4-5,9-12H2,(H,21,22,23). The van der Waals surface area contributed by atoms with Gasteiger partial charge < -0.3 is 9.72 Å². The lowest BCUT2D eigenvalue weighted by Crippen LogP contribution is -2.03. The zero-order chi connectivity index (χ0) is 16.2. The molecule has 0 aliphatic heterocycles. The lowest BCUT2D eigenvalue weighted by molar-refractivity contribution is 0.313. The lowest BCUT2D eigenvalue weighted by atomic mass is 10.1. The molecule has 2 aromatic heterocycles. The van der Waals surface area contributed by atoms with Crippen LogP contribution in [0.4, 0.5) is 0 Å². The number of fused-ring (bicyclic) bond motifs is 1. The predicted octanol–water partition coefficient (Wildman–Crippen LogP) is 4.23. The summed E-state index contributed by atoms with van der Waals surface area (Å²) in [4.78, 5) is 12.0. The smallest absolute Gasteiger partial charge is 0.226 e. The van der Waals surface area contributed by atoms with Crippen molar-refractivity contribution in [3.05, 3.63) is 65.6 Å². The molecule has 0 bridgehead atoms. The van der Waals surface area contributed by atoms with Gasteiger partial charge in [-0.25, -0.2) is 9.97 Å². The molecule has 0 spiro atoms. The first-order valence-electron chi connectivity index (χ1n) is 8.56. The Morgan fingerprint density at radius 2 is 2.04 bits per heavy atom. The van der Waals surface area contributed by atoms with E-state index >= 15 is 0 Å². The zero-order valence-electron chi connectivity index (χ0n) is 13.7. The van der Waals surface area contributed by atoms with E-state index in [0.717, 1.165) is 23.9 Å². The minimum atomic E-state index is 0.615. The number of hydrogen-bond donors (Lipinski definition) is 1. The summed E-state index contributed by atoms with van der Waals surface area (Å²) in [5.74, 6) is 0.686. The highest BCUT2D eigenvalue weighted by Gasteiger charge is 2.14. The number of aromatic nitrogens is 3. The molecule has 1 aliphatic carbocycles. The molecular weight excluding hydrogens is 298 g/mol. The molecule has 0 atom stereocenters. The van der Waals surface area contributed by atoms with Crippen molar-refractivity contribution in [3.8, 4) is 5.88 Å². The molecule has 0 amide bonds. The van der Waals surface area contributed by atoms with Gasteiger partial charge in [-0.1, -0.05) is 42.0 Å². The minimum absolute atomic E-state index is 0.615. The number of H-pyrrole nitrogens is 1. The SMILES string of the molecule is C1=C(Cc2c[nH]c3ncnc(OCCc4ccccc4)c23)CCC1. The van der Waals surface area contributed by atoms with Gasteiger partial charge in [-0.15, -0.1) is 0 Å². The summed E-state index contributed by atoms with van der Waals surface area (Å²) in [6.45, 7) is 0.615. The third-order valence-corrected chi connectivity index (χ3v) is 4.54. The van der Waals surface area contributed by atoms with Crippen LogP contribution in [0.1, 0.15) is 30.4 Å². The van der Waals surface area contributed by atoms with Gasteiger partial charge in [-0.2, -0.15) is 0 Å². The molecular formula is C20H21N3O. The minimum Gasteiger partial charge on any atom is -0.477 e. The summed E-state index contributed by atoms with van der Waals surface area (Å²) >= 11 is 0. The summed E-state index contributed by atoms with van der Waals surface area (Å²) in [7, 11) is 0. The Kier molecular flexibility index (Phi) is 4.28. The van der Waals surface area contributed by atoms with E-state index in [9.17, 15) is 0 Å². The number of nitrogens with one attached hydrogen (secondary N) is 1. The van der Waals surface area contributed by atoms with Crippen LogP contribution in [-0.2, 0) is 12.8 Å². The fraction of sp³-hybridized carbons (Fsp3) is 0.300. The maximum absolute atomic E-state index is 6.00. The molecule has 0 fully saturated rings. The van der Waals surface area contributed by atoms with Crippen molar-refractivity contribution in [1.29, 1.82) is 0 Å². The van der Waals surface area contributed by atoms with Crippen LogP contribution < -0.4 is 4.74 Å². The number of rotatable bonds is 6. The summed E-state index contributed by atoms with van der Waals surface area (Å²) in [6.07, 6.45) is 11.5. The van der Waals surface area contributed by atoms with Gasteiger partial charge in [0.2, 0.25) is 5.88 Å². The van der Waals surface area contributed by atoms with Gasteiger partial charge in [-0.05, 0) is 36.8 Å². The van der Waals surface area contributed by atoms with Crippen molar-refractivity contribution < 1.29 is 4.74 Å². The van der Waals surface area contributed by atoms with E-state index in [2.05, 4.69) is 45.3 Å². The van der Waals surface area contributed by atoms with Crippen LogP contribution in [0, 0.1) is 0 Å². The van der Waals surface area contributed by atoms with Gasteiger partial charge in [-0.3, -0.25) is 0 Å². The lowest BCUT2D eigenvalue weighted by Gasteiger charge is -2.08. The first-order chi connectivity index (χ1) is 11.9. The third kappa shape index (κ3) is 3.18. The average molecular weight is 319 g/mol. The van der Waals surface area contributed by atoms with E-state index in [0.29, 0.717) is 12.5 Å². The van der Waals surface area contributed by atoms with Gasteiger partial charge >= 0.3 is 0 Å². The topological polar surface area (TPSA) is 50.8 Å². The Morgan fingerprint density at radius 1 is 1.12 bits per heavy atom. The fourth-order valence-corrected chi connectivity index (χ4v) is 3.30. The van der Waals surface area contributed by atoms with E-state index in [1.165, 1.54) is 36.0 Å². The Hall–Kier alpha value is -2.62. The van der Waals surface area contributed by atoms with Crippen molar-refractivity contribution in [3.63, 3.8) is 0 Å². The van der Waals surface area contributed by atoms with E-state index < -0.39 is 0 Å². The van der Waals surface area contributed by atoms with Crippen LogP contribution in [0.2, 0.25) is 0 Å². The predicted molar refractivity (Wildman–Crippen MR) is 95.2 cm³/mol. The Balaban J connectivity index is 1.52. The monoisotopic (exact) mass is 319 g/mol. The van der Waals surface area contributed by atoms with Crippen molar-refractivity contribution in [1.82, 2.24) is 15.0 Å². The molecule has 1 N–H and O–H groups in total. The third-order valence-electron chi connectivity index (χ3n) is 4.54. The van der Waals surface area contributed by atoms with Crippen LogP contribution in [0.3, 0.4) is 0 Å². The average Bonchev–Trinajstić information content (AvgIpc) is 3.27. The highest BCUT2D eigenvalue weighted by Crippen LogP contribution is 2.29. The molecule has 0 radical (unpaired) electrons. The zero-order valence-corrected chi connectivity index (χ0v) is 13.7. The van der Waals surface area contributed by atoms with Crippen molar-refractivity contribution >= 4 is 11.0 Å². The number of hydrogen-bond acceptors (Lipinski definition) is 3. The van der Waals surface area contributed by atoms with Crippen LogP contribution in [0.15, 0.2) is 54.5 Å². The van der Waals surface area contributed by atoms with E-state index in [4.69, 9.17) is 4.74 Å². The number of allylic oxidation sites excluding steroid dienone is 2. The van der Waals surface area contributed by atoms with Crippen LogP contribution in [0.25, 0.3) is 11.0 Å². The number of benzene rings is 1. The molecule has 0 saturated carbocycles. The first-order valence-corrected chi connectivity index (χ1v) is 8.56. The number of aromatic amines is 1. The molecule has 0 unspecified atom stereocenters. The summed E-state index contributed by atoms with van der Waals surface area (Å²) in [6, 6.07) is 10.4. The Labute approximate surface area is 141 Å². The second-order valence-electron chi connectivity index (χ2n) is 6.23. The quantitative estimate of drug-likeness (QED) is 0.692. The first kappa shape index (κ1) is 14.9. The highest BCUT2D eigenvalue weighted by atomic mass is 16.5. The molecule has 122 valence electrons. The van der Waals surface area contributed by atoms with E-state index in [1.807, 2.05) is 12.3 Å². The van der Waals surface area contributed by atoms with Crippen LogP contribution in [0.5, 0.6) is 5.88 Å². The largest absolute Gasteiger partial charge is 0.477 e. The molecule has 1 aliphatic rings. The van der Waals surface area contributed by atoms with Gasteiger partial charge in [0.25, 0.3) is 0 Å². The van der Waals surface area contributed by atoms with Crippen molar-refractivity contribution in [2.45, 2.75) is 32.1 Å². The number of ether oxygens (including phenoxy) is 1. The van der Waals surface area contributed by atoms with Crippen LogP contribution in [-0.4, -0.2) is 21.6 Å².